The molecule has 1 aromatic carbocycles. The predicted molar refractivity (Wildman–Crippen MR) is 115 cm³/mol. The third-order valence-electron chi connectivity index (χ3n) is 6.85. The highest BCUT2D eigenvalue weighted by molar-refractivity contribution is 6.02. The molecule has 0 saturated heterocycles. The second-order valence-electron chi connectivity index (χ2n) is 8.37. The smallest absolute Gasteiger partial charge is 0.176 e. The Hall–Kier alpha value is -3.56. The summed E-state index contributed by atoms with van der Waals surface area (Å²) in [5.74, 6) is -0.316. The van der Waals surface area contributed by atoms with E-state index in [-0.39, 0.29) is 29.8 Å². The lowest BCUT2D eigenvalue weighted by Gasteiger charge is -2.47. The van der Waals surface area contributed by atoms with Crippen LogP contribution in [0.25, 0.3) is 11.3 Å². The first-order valence-electron chi connectivity index (χ1n) is 10.5. The van der Waals surface area contributed by atoms with Gasteiger partial charge >= 0.3 is 0 Å². The second kappa shape index (κ2) is 7.29. The van der Waals surface area contributed by atoms with Crippen LogP contribution in [0, 0.1) is 23.2 Å². The van der Waals surface area contributed by atoms with Crippen LogP contribution in [0.2, 0.25) is 0 Å². The van der Waals surface area contributed by atoms with Gasteiger partial charge in [-0.05, 0) is 42.0 Å². The highest BCUT2D eigenvalue weighted by Crippen LogP contribution is 2.54. The quantitative estimate of drug-likeness (QED) is 0.688. The Morgan fingerprint density at radius 2 is 2.10 bits per heavy atom. The number of carbonyl (C=O) groups is 1. The van der Waals surface area contributed by atoms with Gasteiger partial charge in [0.15, 0.2) is 5.78 Å². The molecule has 2 aliphatic carbocycles. The van der Waals surface area contributed by atoms with E-state index in [1.165, 1.54) is 0 Å². The zero-order valence-corrected chi connectivity index (χ0v) is 17.2. The first-order valence-corrected chi connectivity index (χ1v) is 10.5. The Labute approximate surface area is 180 Å². The molecule has 0 amide bonds. The van der Waals surface area contributed by atoms with Crippen molar-refractivity contribution in [1.29, 1.82) is 5.26 Å². The first kappa shape index (κ1) is 19.4. The van der Waals surface area contributed by atoms with Crippen LogP contribution in [0.5, 0.6) is 0 Å². The molecule has 6 heteroatoms. The van der Waals surface area contributed by atoms with Gasteiger partial charge in [0.2, 0.25) is 0 Å². The molecule has 154 valence electrons. The molecule has 31 heavy (non-hydrogen) atoms. The molecular formula is C25H22N4O2. The zero-order chi connectivity index (χ0) is 21.6. The molecule has 3 atom stereocenters. The van der Waals surface area contributed by atoms with Crippen LogP contribution < -0.4 is 0 Å². The van der Waals surface area contributed by atoms with Gasteiger partial charge in [-0.1, -0.05) is 37.3 Å². The number of H-pyrrole nitrogens is 1. The van der Waals surface area contributed by atoms with E-state index >= 15 is 0 Å². The fraction of sp³-hybridized carbons (Fsp3) is 0.280. The van der Waals surface area contributed by atoms with Crippen molar-refractivity contribution in [3.05, 3.63) is 82.8 Å². The molecular weight excluding hydrogens is 388 g/mol. The van der Waals surface area contributed by atoms with Crippen molar-refractivity contribution in [1.82, 2.24) is 15.2 Å². The third-order valence-corrected chi connectivity index (χ3v) is 6.85. The Kier molecular flexibility index (Phi) is 4.57. The number of rotatable bonds is 3. The van der Waals surface area contributed by atoms with Crippen LogP contribution in [-0.2, 0) is 23.2 Å². The van der Waals surface area contributed by atoms with Gasteiger partial charge < -0.3 is 5.11 Å². The van der Waals surface area contributed by atoms with Crippen molar-refractivity contribution in [2.45, 2.75) is 31.8 Å². The third kappa shape index (κ3) is 2.77. The van der Waals surface area contributed by atoms with E-state index in [0.29, 0.717) is 0 Å². The number of hydrogen-bond donors (Lipinski definition) is 2. The summed E-state index contributed by atoms with van der Waals surface area (Å²) >= 11 is 0. The van der Waals surface area contributed by atoms with Crippen LogP contribution in [0.4, 0.5) is 0 Å². The van der Waals surface area contributed by atoms with Crippen molar-refractivity contribution >= 4 is 5.78 Å². The molecule has 0 fully saturated rings. The fourth-order valence-electron chi connectivity index (χ4n) is 5.40. The number of pyridine rings is 1. The number of nitrogens with one attached hydrogen (secondary N) is 1. The van der Waals surface area contributed by atoms with Crippen LogP contribution in [0.1, 0.15) is 35.7 Å². The fourth-order valence-corrected chi connectivity index (χ4v) is 5.40. The largest absolute Gasteiger partial charge is 0.392 e. The molecule has 0 bridgehead atoms. The normalized spacial score (nSPS) is 24.7. The standard InChI is InChI=1S/C25H22N4O2/c1-15-21-8-7-20-22(17-9-16(14-30)12-27-13-17)28-29-24(20)25(21,10-18(11-26)23(15)31)19-5-3-2-4-6-19/h2-6,9-10,12-13,15,21,30H,7-8,14H2,1H3,(H,28,29)/t15-,21-,25+/m0/s1. The lowest BCUT2D eigenvalue weighted by molar-refractivity contribution is -0.121. The summed E-state index contributed by atoms with van der Waals surface area (Å²) in [6.07, 6.45) is 6.83. The summed E-state index contributed by atoms with van der Waals surface area (Å²) in [5, 5.41) is 27.2. The van der Waals surface area contributed by atoms with Crippen molar-refractivity contribution in [3.8, 4) is 17.3 Å². The van der Waals surface area contributed by atoms with Gasteiger partial charge in [-0.25, -0.2) is 0 Å². The number of aliphatic hydroxyl groups is 1. The Morgan fingerprint density at radius 1 is 1.29 bits per heavy atom. The SMILES string of the molecule is C[C@@H]1C(=O)C(C#N)=C[C@]2(c3ccccc3)c3[nH]nc(-c4cncc(CO)c4)c3CC[C@@H]12. The molecule has 6 nitrogen and oxygen atoms in total. The number of hydrogen-bond acceptors (Lipinski definition) is 5. The number of nitrogens with zero attached hydrogens (tertiary/aromatic N) is 3. The predicted octanol–water partition coefficient (Wildman–Crippen LogP) is 3.48. The van der Waals surface area contributed by atoms with Crippen molar-refractivity contribution < 1.29 is 9.90 Å². The van der Waals surface area contributed by atoms with Crippen LogP contribution in [0.15, 0.2) is 60.4 Å². The number of ketones is 1. The summed E-state index contributed by atoms with van der Waals surface area (Å²) in [4.78, 5) is 17.1. The highest BCUT2D eigenvalue weighted by atomic mass is 16.3. The number of fused-ring (bicyclic) bond motifs is 3. The molecule has 0 radical (unpaired) electrons. The van der Waals surface area contributed by atoms with Gasteiger partial charge in [0.05, 0.1) is 29.0 Å². The number of aromatic amines is 1. The number of allylic oxidation sites excluding steroid dienone is 2. The summed E-state index contributed by atoms with van der Waals surface area (Å²) in [7, 11) is 0. The molecule has 0 saturated carbocycles. The van der Waals surface area contributed by atoms with E-state index in [9.17, 15) is 15.2 Å². The van der Waals surface area contributed by atoms with Gasteiger partial charge in [-0.15, -0.1) is 0 Å². The number of Topliss-reactive ketones (excluding diaryl/α,β-unsaturated/α-hetero) is 1. The molecule has 2 heterocycles. The Balaban J connectivity index is 1.78. The number of carbonyl (C=O) groups excluding carboxylic acids is 1. The maximum Gasteiger partial charge on any atom is 0.176 e. The van der Waals surface area contributed by atoms with Gasteiger partial charge in [0, 0.05) is 29.4 Å². The van der Waals surface area contributed by atoms with E-state index < -0.39 is 5.41 Å². The zero-order valence-electron chi connectivity index (χ0n) is 17.2. The van der Waals surface area contributed by atoms with Crippen molar-refractivity contribution in [2.75, 3.05) is 0 Å². The van der Waals surface area contributed by atoms with Gasteiger partial charge in [-0.2, -0.15) is 10.4 Å². The summed E-state index contributed by atoms with van der Waals surface area (Å²) in [5.41, 5.74) is 5.02. The van der Waals surface area contributed by atoms with Gasteiger partial charge in [0.1, 0.15) is 6.07 Å². The topological polar surface area (TPSA) is 103 Å². The minimum absolute atomic E-state index is 0.0298. The van der Waals surface area contributed by atoms with Crippen LogP contribution in [-0.4, -0.2) is 26.1 Å². The van der Waals surface area contributed by atoms with Crippen LogP contribution in [0.3, 0.4) is 0 Å². The number of aliphatic hydroxyl groups excluding tert-OH is 1. The molecule has 2 aliphatic rings. The van der Waals surface area contributed by atoms with E-state index in [1.54, 1.807) is 12.4 Å². The first-order chi connectivity index (χ1) is 15.1. The maximum absolute atomic E-state index is 12.8. The van der Waals surface area contributed by atoms with Gasteiger partial charge in [-0.3, -0.25) is 14.9 Å². The molecule has 0 unspecified atom stereocenters. The van der Waals surface area contributed by atoms with E-state index in [0.717, 1.165) is 46.5 Å². The van der Waals surface area contributed by atoms with E-state index in [4.69, 9.17) is 0 Å². The van der Waals surface area contributed by atoms with Gasteiger partial charge in [0.25, 0.3) is 0 Å². The molecule has 0 spiro atoms. The Bertz CT molecular complexity index is 1240. The minimum atomic E-state index is -0.625. The molecule has 3 aromatic rings. The average molecular weight is 410 g/mol. The maximum atomic E-state index is 12.8. The molecule has 2 aromatic heterocycles. The Morgan fingerprint density at radius 3 is 2.84 bits per heavy atom. The van der Waals surface area contributed by atoms with Crippen molar-refractivity contribution in [2.24, 2.45) is 11.8 Å². The average Bonchev–Trinajstić information content (AvgIpc) is 3.27. The second-order valence-corrected chi connectivity index (χ2v) is 8.37. The summed E-state index contributed by atoms with van der Waals surface area (Å²) in [6, 6.07) is 14.1. The highest BCUT2D eigenvalue weighted by Gasteiger charge is 2.53. The number of aromatic nitrogens is 3. The summed E-state index contributed by atoms with van der Waals surface area (Å²) in [6.45, 7) is 1.85. The molecule has 2 N–H and O–H groups in total. The van der Waals surface area contributed by atoms with Crippen molar-refractivity contribution in [3.63, 3.8) is 0 Å². The molecule has 5 rings (SSSR count). The lowest BCUT2D eigenvalue weighted by atomic mass is 9.54. The molecule has 0 aliphatic heterocycles. The number of nitriles is 1. The van der Waals surface area contributed by atoms with E-state index in [1.807, 2.05) is 37.3 Å². The summed E-state index contributed by atoms with van der Waals surface area (Å²) < 4.78 is 0. The number of benzene rings is 1. The lowest BCUT2D eigenvalue weighted by Crippen LogP contribution is -2.48. The minimum Gasteiger partial charge on any atom is -0.392 e. The van der Waals surface area contributed by atoms with Crippen LogP contribution >= 0.6 is 0 Å². The van der Waals surface area contributed by atoms with E-state index in [2.05, 4.69) is 33.4 Å². The monoisotopic (exact) mass is 410 g/mol.